The van der Waals surface area contributed by atoms with E-state index >= 15 is 0 Å². The molecule has 0 amide bonds. The summed E-state index contributed by atoms with van der Waals surface area (Å²) in [5.41, 5.74) is 5.22. The monoisotopic (exact) mass is 247 g/mol. The zero-order valence-corrected chi connectivity index (χ0v) is 9.54. The molecule has 0 spiro atoms. The molecule has 0 saturated carbocycles. The van der Waals surface area contributed by atoms with Crippen molar-refractivity contribution in [2.75, 3.05) is 6.54 Å². The van der Waals surface area contributed by atoms with Crippen molar-refractivity contribution in [2.45, 2.75) is 31.5 Å². The van der Waals surface area contributed by atoms with Crippen LogP contribution in [-0.4, -0.2) is 17.8 Å². The van der Waals surface area contributed by atoms with Crippen LogP contribution in [0.5, 0.6) is 0 Å². The lowest BCUT2D eigenvalue weighted by molar-refractivity contribution is -0.137. The summed E-state index contributed by atoms with van der Waals surface area (Å²) in [7, 11) is 0. The van der Waals surface area contributed by atoms with E-state index in [1.165, 1.54) is 6.07 Å². The highest BCUT2D eigenvalue weighted by molar-refractivity contribution is 5.29. The van der Waals surface area contributed by atoms with Crippen LogP contribution >= 0.6 is 0 Å². The first-order valence-corrected chi connectivity index (χ1v) is 5.45. The molecule has 2 nitrogen and oxygen atoms in total. The predicted octanol–water partition coefficient (Wildman–Crippen LogP) is 2.52. The molecule has 0 aliphatic rings. The molecule has 96 valence electrons. The van der Waals surface area contributed by atoms with E-state index in [4.69, 9.17) is 5.73 Å². The quantitative estimate of drug-likeness (QED) is 0.858. The Balaban J connectivity index is 3.05. The molecule has 0 radical (unpaired) electrons. The molecular weight excluding hydrogens is 231 g/mol. The number of benzene rings is 1. The van der Waals surface area contributed by atoms with Crippen LogP contribution in [-0.2, 0) is 6.18 Å². The number of aliphatic hydroxyl groups is 1. The van der Waals surface area contributed by atoms with Crippen LogP contribution < -0.4 is 5.73 Å². The van der Waals surface area contributed by atoms with Gasteiger partial charge in [0.1, 0.15) is 0 Å². The maximum Gasteiger partial charge on any atom is 0.416 e. The topological polar surface area (TPSA) is 46.2 Å². The Morgan fingerprint density at radius 2 is 2.00 bits per heavy atom. The van der Waals surface area contributed by atoms with Gasteiger partial charge in [-0.15, -0.1) is 0 Å². The van der Waals surface area contributed by atoms with Crippen LogP contribution in [0.15, 0.2) is 24.3 Å². The van der Waals surface area contributed by atoms with Crippen LogP contribution in [0.1, 0.15) is 30.4 Å². The van der Waals surface area contributed by atoms with E-state index in [9.17, 15) is 18.3 Å². The number of hydrogen-bond donors (Lipinski definition) is 2. The van der Waals surface area contributed by atoms with Crippen LogP contribution in [0.25, 0.3) is 0 Å². The Morgan fingerprint density at radius 3 is 2.47 bits per heavy atom. The van der Waals surface area contributed by atoms with Crippen LogP contribution in [0.3, 0.4) is 0 Å². The lowest BCUT2D eigenvalue weighted by atomic mass is 9.91. The van der Waals surface area contributed by atoms with E-state index < -0.39 is 23.8 Å². The first kappa shape index (κ1) is 14.0. The molecule has 5 heteroatoms. The molecule has 0 fully saturated rings. The van der Waals surface area contributed by atoms with Crippen LogP contribution in [0.4, 0.5) is 13.2 Å². The Bertz CT molecular complexity index is 365. The van der Waals surface area contributed by atoms with Gasteiger partial charge in [-0.25, -0.2) is 0 Å². The summed E-state index contributed by atoms with van der Waals surface area (Å²) in [5.74, 6) is -0.456. The summed E-state index contributed by atoms with van der Waals surface area (Å²) >= 11 is 0. The number of aliphatic hydroxyl groups excluding tert-OH is 1. The van der Waals surface area contributed by atoms with Gasteiger partial charge in [-0.1, -0.05) is 25.1 Å². The molecule has 1 aromatic rings. The third-order valence-electron chi connectivity index (χ3n) is 2.78. The molecule has 0 aliphatic heterocycles. The number of hydrogen-bond acceptors (Lipinski definition) is 2. The summed E-state index contributed by atoms with van der Waals surface area (Å²) < 4.78 is 37.6. The van der Waals surface area contributed by atoms with Gasteiger partial charge in [-0.2, -0.15) is 13.2 Å². The molecule has 0 bridgehead atoms. The number of rotatable bonds is 4. The average Bonchev–Trinajstić information content (AvgIpc) is 2.29. The van der Waals surface area contributed by atoms with E-state index in [0.29, 0.717) is 12.0 Å². The second-order valence-corrected chi connectivity index (χ2v) is 3.94. The molecule has 2 atom stereocenters. The average molecular weight is 247 g/mol. The second-order valence-electron chi connectivity index (χ2n) is 3.94. The van der Waals surface area contributed by atoms with Gasteiger partial charge >= 0.3 is 6.18 Å². The molecule has 17 heavy (non-hydrogen) atoms. The molecular formula is C12H16F3NO. The van der Waals surface area contributed by atoms with Crippen molar-refractivity contribution >= 4 is 0 Å². The number of halogens is 3. The summed E-state index contributed by atoms with van der Waals surface area (Å²) in [6.07, 6.45) is -4.63. The van der Waals surface area contributed by atoms with E-state index in [1.807, 2.05) is 0 Å². The number of nitrogens with two attached hydrogens (primary N) is 1. The van der Waals surface area contributed by atoms with Gasteiger partial charge in [-0.3, -0.25) is 0 Å². The smallest absolute Gasteiger partial charge is 0.392 e. The van der Waals surface area contributed by atoms with Crippen molar-refractivity contribution in [1.82, 2.24) is 0 Å². The van der Waals surface area contributed by atoms with Gasteiger partial charge < -0.3 is 10.8 Å². The Kier molecular flexibility index (Phi) is 4.54. The van der Waals surface area contributed by atoms with E-state index in [2.05, 4.69) is 0 Å². The lowest BCUT2D eigenvalue weighted by Crippen LogP contribution is -2.25. The summed E-state index contributed by atoms with van der Waals surface area (Å²) in [6, 6.07) is 4.96. The highest BCUT2D eigenvalue weighted by Gasteiger charge is 2.31. The SMILES string of the molecule is CCC(O)C(CN)c1cccc(C(F)(F)F)c1. The lowest BCUT2D eigenvalue weighted by Gasteiger charge is -2.21. The maximum absolute atomic E-state index is 12.5. The minimum absolute atomic E-state index is 0.121. The van der Waals surface area contributed by atoms with Crippen molar-refractivity contribution in [1.29, 1.82) is 0 Å². The molecule has 3 N–H and O–H groups in total. The Hall–Kier alpha value is -1.07. The molecule has 1 rings (SSSR count). The van der Waals surface area contributed by atoms with Gasteiger partial charge in [0, 0.05) is 12.5 Å². The maximum atomic E-state index is 12.5. The van der Waals surface area contributed by atoms with Crippen molar-refractivity contribution < 1.29 is 18.3 Å². The molecule has 0 heterocycles. The molecule has 1 aromatic carbocycles. The van der Waals surface area contributed by atoms with Crippen molar-refractivity contribution in [2.24, 2.45) is 5.73 Å². The molecule has 2 unspecified atom stereocenters. The first-order chi connectivity index (χ1) is 7.90. The zero-order chi connectivity index (χ0) is 13.1. The minimum Gasteiger partial charge on any atom is -0.392 e. The van der Waals surface area contributed by atoms with Gasteiger partial charge in [0.25, 0.3) is 0 Å². The second kappa shape index (κ2) is 5.51. The summed E-state index contributed by atoms with van der Waals surface area (Å²) in [5, 5.41) is 9.70. The molecule has 0 aromatic heterocycles. The van der Waals surface area contributed by atoms with Gasteiger partial charge in [-0.05, 0) is 18.1 Å². The Labute approximate surface area is 98.3 Å². The molecule has 0 aliphatic carbocycles. The van der Waals surface area contributed by atoms with Gasteiger partial charge in [0.05, 0.1) is 11.7 Å². The highest BCUT2D eigenvalue weighted by atomic mass is 19.4. The van der Waals surface area contributed by atoms with Crippen LogP contribution in [0, 0.1) is 0 Å². The summed E-state index contributed by atoms with van der Waals surface area (Å²) in [6.45, 7) is 1.89. The first-order valence-electron chi connectivity index (χ1n) is 5.45. The fraction of sp³-hybridized carbons (Fsp3) is 0.500. The predicted molar refractivity (Wildman–Crippen MR) is 59.5 cm³/mol. The van der Waals surface area contributed by atoms with E-state index in [1.54, 1.807) is 13.0 Å². The van der Waals surface area contributed by atoms with E-state index in [-0.39, 0.29) is 6.54 Å². The van der Waals surface area contributed by atoms with Crippen molar-refractivity contribution in [3.63, 3.8) is 0 Å². The third-order valence-corrected chi connectivity index (χ3v) is 2.78. The normalized spacial score (nSPS) is 15.6. The van der Waals surface area contributed by atoms with Crippen LogP contribution in [0.2, 0.25) is 0 Å². The van der Waals surface area contributed by atoms with Gasteiger partial charge in [0.2, 0.25) is 0 Å². The van der Waals surface area contributed by atoms with Crippen molar-refractivity contribution in [3.8, 4) is 0 Å². The zero-order valence-electron chi connectivity index (χ0n) is 9.54. The van der Waals surface area contributed by atoms with Crippen molar-refractivity contribution in [3.05, 3.63) is 35.4 Å². The standard InChI is InChI=1S/C12H16F3NO/c1-2-11(17)10(7-16)8-4-3-5-9(6-8)12(13,14)15/h3-6,10-11,17H,2,7,16H2,1H3. The van der Waals surface area contributed by atoms with Gasteiger partial charge in [0.15, 0.2) is 0 Å². The summed E-state index contributed by atoms with van der Waals surface area (Å²) in [4.78, 5) is 0. The largest absolute Gasteiger partial charge is 0.416 e. The molecule has 0 saturated heterocycles. The highest BCUT2D eigenvalue weighted by Crippen LogP contribution is 2.31. The number of alkyl halides is 3. The third kappa shape index (κ3) is 3.44. The van der Waals surface area contributed by atoms with E-state index in [0.717, 1.165) is 12.1 Å². The minimum atomic E-state index is -4.37. The Morgan fingerprint density at radius 1 is 1.35 bits per heavy atom. The fourth-order valence-corrected chi connectivity index (χ4v) is 1.75. The fourth-order valence-electron chi connectivity index (χ4n) is 1.75.